The molecule has 1 rings (SSSR count). The summed E-state index contributed by atoms with van der Waals surface area (Å²) >= 11 is 0. The summed E-state index contributed by atoms with van der Waals surface area (Å²) in [5, 5.41) is 5.28. The Bertz CT molecular complexity index is 483. The van der Waals surface area contributed by atoms with Gasteiger partial charge in [0.2, 0.25) is 11.8 Å². The van der Waals surface area contributed by atoms with Crippen LogP contribution in [0.5, 0.6) is 0 Å². The standard InChI is InChI=1S/C15H23N3O3/c1-15(2,11-4-6-12(16)7-5-11)14(20)18-10-13(19)17-8-9-21-3/h4-7H,8-10,16H2,1-3H3,(H,17,19)(H,18,20). The second-order valence-corrected chi connectivity index (χ2v) is 5.27. The number of hydrogen-bond acceptors (Lipinski definition) is 4. The van der Waals surface area contributed by atoms with E-state index in [1.165, 1.54) is 0 Å². The summed E-state index contributed by atoms with van der Waals surface area (Å²) in [4.78, 5) is 23.8. The van der Waals surface area contributed by atoms with E-state index in [4.69, 9.17) is 10.5 Å². The molecule has 4 N–H and O–H groups in total. The molecule has 0 saturated heterocycles. The molecule has 0 heterocycles. The molecule has 0 aliphatic rings. The lowest BCUT2D eigenvalue weighted by molar-refractivity contribution is -0.129. The summed E-state index contributed by atoms with van der Waals surface area (Å²) in [7, 11) is 1.56. The average molecular weight is 293 g/mol. The van der Waals surface area contributed by atoms with Gasteiger partial charge in [0, 0.05) is 19.3 Å². The third kappa shape index (κ3) is 5.07. The van der Waals surface area contributed by atoms with Crippen molar-refractivity contribution >= 4 is 17.5 Å². The maximum atomic E-state index is 12.2. The zero-order valence-corrected chi connectivity index (χ0v) is 12.7. The van der Waals surface area contributed by atoms with E-state index in [9.17, 15) is 9.59 Å². The van der Waals surface area contributed by atoms with Crippen LogP contribution in [0, 0.1) is 0 Å². The molecular formula is C15H23N3O3. The van der Waals surface area contributed by atoms with Crippen LogP contribution in [0.1, 0.15) is 19.4 Å². The summed E-state index contributed by atoms with van der Waals surface area (Å²) in [5.74, 6) is -0.456. The van der Waals surface area contributed by atoms with E-state index < -0.39 is 5.41 Å². The van der Waals surface area contributed by atoms with Crippen molar-refractivity contribution in [3.63, 3.8) is 0 Å². The van der Waals surface area contributed by atoms with Gasteiger partial charge in [0.15, 0.2) is 0 Å². The fourth-order valence-corrected chi connectivity index (χ4v) is 1.77. The van der Waals surface area contributed by atoms with Crippen molar-refractivity contribution in [2.24, 2.45) is 0 Å². The van der Waals surface area contributed by atoms with Crippen LogP contribution in [-0.2, 0) is 19.7 Å². The predicted molar refractivity (Wildman–Crippen MR) is 81.8 cm³/mol. The number of rotatable bonds is 7. The first kappa shape index (κ1) is 17.0. The van der Waals surface area contributed by atoms with Crippen molar-refractivity contribution in [1.29, 1.82) is 0 Å². The molecule has 0 bridgehead atoms. The van der Waals surface area contributed by atoms with Crippen LogP contribution < -0.4 is 16.4 Å². The number of hydrogen-bond donors (Lipinski definition) is 3. The van der Waals surface area contributed by atoms with E-state index in [1.807, 2.05) is 12.1 Å². The number of methoxy groups -OCH3 is 1. The normalized spacial score (nSPS) is 11.0. The fourth-order valence-electron chi connectivity index (χ4n) is 1.77. The Morgan fingerprint density at radius 2 is 1.81 bits per heavy atom. The van der Waals surface area contributed by atoms with Crippen molar-refractivity contribution in [3.05, 3.63) is 29.8 Å². The van der Waals surface area contributed by atoms with Gasteiger partial charge in [0.05, 0.1) is 18.6 Å². The second-order valence-electron chi connectivity index (χ2n) is 5.27. The number of anilines is 1. The number of amides is 2. The van der Waals surface area contributed by atoms with Crippen LogP contribution in [0.4, 0.5) is 5.69 Å². The number of carbonyl (C=O) groups excluding carboxylic acids is 2. The lowest BCUT2D eigenvalue weighted by atomic mass is 9.83. The molecule has 0 saturated carbocycles. The smallest absolute Gasteiger partial charge is 0.239 e. The number of ether oxygens (including phenoxy) is 1. The van der Waals surface area contributed by atoms with Crippen molar-refractivity contribution in [2.45, 2.75) is 19.3 Å². The van der Waals surface area contributed by atoms with Gasteiger partial charge in [-0.3, -0.25) is 9.59 Å². The SMILES string of the molecule is COCCNC(=O)CNC(=O)C(C)(C)c1ccc(N)cc1. The molecule has 0 aliphatic heterocycles. The number of nitrogen functional groups attached to an aromatic ring is 1. The lowest BCUT2D eigenvalue weighted by Crippen LogP contribution is -2.45. The van der Waals surface area contributed by atoms with Crippen molar-refractivity contribution in [2.75, 3.05) is 32.5 Å². The Morgan fingerprint density at radius 3 is 2.38 bits per heavy atom. The number of benzene rings is 1. The van der Waals surface area contributed by atoms with Crippen LogP contribution in [0.2, 0.25) is 0 Å². The summed E-state index contributed by atoms with van der Waals surface area (Å²) in [6.07, 6.45) is 0. The van der Waals surface area contributed by atoms with Gasteiger partial charge in [-0.2, -0.15) is 0 Å². The third-order valence-electron chi connectivity index (χ3n) is 3.24. The Hall–Kier alpha value is -2.08. The highest BCUT2D eigenvalue weighted by Crippen LogP contribution is 2.24. The highest BCUT2D eigenvalue weighted by molar-refractivity contribution is 5.91. The molecule has 0 spiro atoms. The second kappa shape index (κ2) is 7.64. The molecule has 0 aliphatic carbocycles. The van der Waals surface area contributed by atoms with Gasteiger partial charge >= 0.3 is 0 Å². The van der Waals surface area contributed by atoms with Gasteiger partial charge in [-0.25, -0.2) is 0 Å². The van der Waals surface area contributed by atoms with Gasteiger partial charge in [-0.05, 0) is 31.5 Å². The van der Waals surface area contributed by atoms with Crippen molar-refractivity contribution < 1.29 is 14.3 Å². The molecule has 6 heteroatoms. The molecule has 0 atom stereocenters. The summed E-state index contributed by atoms with van der Waals surface area (Å²) in [5.41, 5.74) is 6.39. The van der Waals surface area contributed by atoms with Crippen LogP contribution >= 0.6 is 0 Å². The first-order valence-corrected chi connectivity index (χ1v) is 6.78. The Morgan fingerprint density at radius 1 is 1.19 bits per heavy atom. The van der Waals surface area contributed by atoms with E-state index in [0.717, 1.165) is 5.56 Å². The first-order chi connectivity index (χ1) is 9.87. The maximum absolute atomic E-state index is 12.2. The predicted octanol–water partition coefficient (Wildman–Crippen LogP) is 0.425. The molecule has 0 fully saturated rings. The fraction of sp³-hybridized carbons (Fsp3) is 0.467. The van der Waals surface area contributed by atoms with Crippen LogP contribution in [0.3, 0.4) is 0 Å². The quantitative estimate of drug-likeness (QED) is 0.502. The number of carbonyl (C=O) groups is 2. The Balaban J connectivity index is 2.53. The molecule has 21 heavy (non-hydrogen) atoms. The molecule has 0 radical (unpaired) electrons. The van der Waals surface area contributed by atoms with E-state index in [-0.39, 0.29) is 18.4 Å². The van der Waals surface area contributed by atoms with Gasteiger partial charge in [0.25, 0.3) is 0 Å². The highest BCUT2D eigenvalue weighted by Gasteiger charge is 2.29. The zero-order valence-electron chi connectivity index (χ0n) is 12.7. The number of nitrogens with two attached hydrogens (primary N) is 1. The molecule has 6 nitrogen and oxygen atoms in total. The van der Waals surface area contributed by atoms with Crippen LogP contribution in [-0.4, -0.2) is 38.6 Å². The average Bonchev–Trinajstić information content (AvgIpc) is 2.45. The Labute approximate surface area is 125 Å². The first-order valence-electron chi connectivity index (χ1n) is 6.78. The summed E-state index contributed by atoms with van der Waals surface area (Å²) in [6.45, 7) is 4.41. The zero-order chi connectivity index (χ0) is 15.9. The van der Waals surface area contributed by atoms with E-state index in [2.05, 4.69) is 10.6 Å². The third-order valence-corrected chi connectivity index (χ3v) is 3.24. The molecular weight excluding hydrogens is 270 g/mol. The lowest BCUT2D eigenvalue weighted by Gasteiger charge is -2.24. The monoisotopic (exact) mass is 293 g/mol. The molecule has 116 valence electrons. The molecule has 0 aromatic heterocycles. The van der Waals surface area contributed by atoms with Gasteiger partial charge in [0.1, 0.15) is 0 Å². The minimum Gasteiger partial charge on any atom is -0.399 e. The van der Waals surface area contributed by atoms with Crippen molar-refractivity contribution in [3.8, 4) is 0 Å². The minimum absolute atomic E-state index is 0.0546. The molecule has 2 amide bonds. The van der Waals surface area contributed by atoms with Gasteiger partial charge < -0.3 is 21.1 Å². The molecule has 1 aromatic carbocycles. The summed E-state index contributed by atoms with van der Waals surface area (Å²) < 4.78 is 4.83. The summed E-state index contributed by atoms with van der Waals surface area (Å²) in [6, 6.07) is 7.13. The van der Waals surface area contributed by atoms with Crippen LogP contribution in [0.15, 0.2) is 24.3 Å². The Kier molecular flexibility index (Phi) is 6.17. The van der Waals surface area contributed by atoms with Crippen LogP contribution in [0.25, 0.3) is 0 Å². The molecule has 1 aromatic rings. The minimum atomic E-state index is -0.736. The van der Waals surface area contributed by atoms with E-state index in [0.29, 0.717) is 18.8 Å². The topological polar surface area (TPSA) is 93.5 Å². The molecule has 0 unspecified atom stereocenters. The highest BCUT2D eigenvalue weighted by atomic mass is 16.5. The van der Waals surface area contributed by atoms with Gasteiger partial charge in [-0.15, -0.1) is 0 Å². The maximum Gasteiger partial charge on any atom is 0.239 e. The largest absolute Gasteiger partial charge is 0.399 e. The van der Waals surface area contributed by atoms with Gasteiger partial charge in [-0.1, -0.05) is 12.1 Å². The van der Waals surface area contributed by atoms with Crippen molar-refractivity contribution in [1.82, 2.24) is 10.6 Å². The van der Waals surface area contributed by atoms with E-state index >= 15 is 0 Å². The van der Waals surface area contributed by atoms with E-state index in [1.54, 1.807) is 33.1 Å². The number of nitrogens with one attached hydrogen (secondary N) is 2.